The van der Waals surface area contributed by atoms with Crippen molar-refractivity contribution in [3.8, 4) is 0 Å². The van der Waals surface area contributed by atoms with Gasteiger partial charge in [-0.1, -0.05) is 0 Å². The Morgan fingerprint density at radius 3 is 2.88 bits per heavy atom. The van der Waals surface area contributed by atoms with E-state index in [0.29, 0.717) is 11.0 Å². The molecule has 1 aliphatic rings. The lowest BCUT2D eigenvalue weighted by Crippen LogP contribution is -2.20. The number of aromatic nitrogens is 1. The van der Waals surface area contributed by atoms with E-state index in [1.54, 1.807) is 0 Å². The summed E-state index contributed by atoms with van der Waals surface area (Å²) in [5.74, 6) is 0.248. The van der Waals surface area contributed by atoms with Crippen LogP contribution < -0.4 is 5.32 Å². The number of rotatable bonds is 5. The third-order valence-electron chi connectivity index (χ3n) is 2.95. The fourth-order valence-electron chi connectivity index (χ4n) is 1.54. The van der Waals surface area contributed by atoms with E-state index < -0.39 is 4.92 Å². The number of hydrogen-bond donors (Lipinski definition) is 2. The van der Waals surface area contributed by atoms with Gasteiger partial charge in [-0.3, -0.25) is 10.1 Å². The maximum atomic E-state index is 10.8. The van der Waals surface area contributed by atoms with Crippen LogP contribution in [-0.4, -0.2) is 28.2 Å². The molecule has 2 N–H and O–H groups in total. The molecule has 1 saturated carbocycles. The molecule has 1 aliphatic carbocycles. The molecule has 1 aromatic heterocycles. The van der Waals surface area contributed by atoms with Crippen LogP contribution >= 0.6 is 15.9 Å². The lowest BCUT2D eigenvalue weighted by Gasteiger charge is -2.13. The van der Waals surface area contributed by atoms with Gasteiger partial charge in [0.1, 0.15) is 0 Å². The number of aliphatic hydroxyl groups is 1. The monoisotopic (exact) mass is 301 g/mol. The minimum atomic E-state index is -0.474. The number of nitrogens with one attached hydrogen (secondary N) is 1. The molecule has 0 atom stereocenters. The minimum Gasteiger partial charge on any atom is -0.396 e. The Kier molecular flexibility index (Phi) is 3.30. The van der Waals surface area contributed by atoms with Crippen LogP contribution in [0.2, 0.25) is 0 Å². The predicted octanol–water partition coefficient (Wildman–Crippen LogP) is 1.94. The van der Waals surface area contributed by atoms with Crippen LogP contribution in [0.25, 0.3) is 0 Å². The molecule has 0 spiro atoms. The van der Waals surface area contributed by atoms with Crippen molar-refractivity contribution in [1.29, 1.82) is 0 Å². The van der Waals surface area contributed by atoms with Gasteiger partial charge in [-0.05, 0) is 28.8 Å². The Balaban J connectivity index is 2.12. The topological polar surface area (TPSA) is 88.3 Å². The SMILES string of the molecule is O=[N+]([O-])c1cc(Br)cnc1NCC1(CO)CC1. The number of aliphatic hydroxyl groups excluding tert-OH is 1. The van der Waals surface area contributed by atoms with Crippen molar-refractivity contribution in [2.24, 2.45) is 5.41 Å². The summed E-state index contributed by atoms with van der Waals surface area (Å²) in [4.78, 5) is 14.3. The van der Waals surface area contributed by atoms with Gasteiger partial charge in [0.25, 0.3) is 0 Å². The normalized spacial score (nSPS) is 16.6. The van der Waals surface area contributed by atoms with E-state index in [1.807, 2.05) is 0 Å². The van der Waals surface area contributed by atoms with Gasteiger partial charge in [0, 0.05) is 28.7 Å². The average Bonchev–Trinajstić information content (AvgIpc) is 3.08. The molecule has 6 nitrogen and oxygen atoms in total. The van der Waals surface area contributed by atoms with Gasteiger partial charge >= 0.3 is 5.69 Å². The third-order valence-corrected chi connectivity index (χ3v) is 3.39. The van der Waals surface area contributed by atoms with Crippen LogP contribution in [0.5, 0.6) is 0 Å². The van der Waals surface area contributed by atoms with Crippen molar-refractivity contribution in [2.75, 3.05) is 18.5 Å². The van der Waals surface area contributed by atoms with Gasteiger partial charge < -0.3 is 10.4 Å². The van der Waals surface area contributed by atoms with Crippen molar-refractivity contribution in [3.05, 3.63) is 26.9 Å². The van der Waals surface area contributed by atoms with E-state index in [2.05, 4.69) is 26.2 Å². The first-order valence-corrected chi connectivity index (χ1v) is 6.00. The van der Waals surface area contributed by atoms with Crippen molar-refractivity contribution in [1.82, 2.24) is 4.98 Å². The van der Waals surface area contributed by atoms with Crippen molar-refractivity contribution in [3.63, 3.8) is 0 Å². The molecule has 92 valence electrons. The van der Waals surface area contributed by atoms with Crippen molar-refractivity contribution >= 4 is 27.4 Å². The third kappa shape index (κ3) is 2.73. The number of pyridine rings is 1. The summed E-state index contributed by atoms with van der Waals surface area (Å²) in [5.41, 5.74) is -0.170. The van der Waals surface area contributed by atoms with Gasteiger partial charge in [-0.15, -0.1) is 0 Å². The molecule has 1 aromatic rings. The highest BCUT2D eigenvalue weighted by Gasteiger charge is 2.42. The zero-order valence-electron chi connectivity index (χ0n) is 9.02. The minimum absolute atomic E-state index is 0.0619. The quantitative estimate of drug-likeness (QED) is 0.641. The zero-order valence-corrected chi connectivity index (χ0v) is 10.6. The Hall–Kier alpha value is -1.21. The molecule has 0 radical (unpaired) electrons. The molecule has 0 amide bonds. The Morgan fingerprint density at radius 2 is 2.35 bits per heavy atom. The molecule has 0 bridgehead atoms. The molecule has 1 fully saturated rings. The van der Waals surface area contributed by atoms with Crippen LogP contribution in [0.1, 0.15) is 12.8 Å². The molecule has 2 rings (SSSR count). The maximum Gasteiger partial charge on any atom is 0.312 e. The Morgan fingerprint density at radius 1 is 1.65 bits per heavy atom. The first-order valence-electron chi connectivity index (χ1n) is 5.21. The standard InChI is InChI=1S/C10H12BrN3O3/c11-7-3-8(14(16)17)9(12-4-7)13-5-10(6-15)1-2-10/h3-4,15H,1-2,5-6H2,(H,12,13). The molecule has 7 heteroatoms. The molecule has 0 aliphatic heterocycles. The second-order valence-electron chi connectivity index (χ2n) is 4.29. The van der Waals surface area contributed by atoms with Crippen LogP contribution in [0.15, 0.2) is 16.7 Å². The van der Waals surface area contributed by atoms with E-state index in [9.17, 15) is 10.1 Å². The van der Waals surface area contributed by atoms with E-state index in [0.717, 1.165) is 12.8 Å². The second-order valence-corrected chi connectivity index (χ2v) is 5.21. The van der Waals surface area contributed by atoms with Crippen LogP contribution in [0, 0.1) is 15.5 Å². The maximum absolute atomic E-state index is 10.8. The van der Waals surface area contributed by atoms with Gasteiger partial charge in [-0.2, -0.15) is 0 Å². The number of nitro groups is 1. The molecular weight excluding hydrogens is 290 g/mol. The van der Waals surface area contributed by atoms with E-state index in [1.165, 1.54) is 12.3 Å². The van der Waals surface area contributed by atoms with Crippen molar-refractivity contribution < 1.29 is 10.0 Å². The fourth-order valence-corrected chi connectivity index (χ4v) is 1.86. The largest absolute Gasteiger partial charge is 0.396 e. The summed E-state index contributed by atoms with van der Waals surface area (Å²) in [6, 6.07) is 1.41. The zero-order chi connectivity index (χ0) is 12.5. The summed E-state index contributed by atoms with van der Waals surface area (Å²) in [6.07, 6.45) is 3.40. The van der Waals surface area contributed by atoms with Crippen LogP contribution in [-0.2, 0) is 0 Å². The molecule has 17 heavy (non-hydrogen) atoms. The van der Waals surface area contributed by atoms with Gasteiger partial charge in [-0.25, -0.2) is 4.98 Å². The highest BCUT2D eigenvalue weighted by molar-refractivity contribution is 9.10. The Labute approximate surface area is 106 Å². The van der Waals surface area contributed by atoms with E-state index in [4.69, 9.17) is 5.11 Å². The first kappa shape index (κ1) is 12.3. The summed E-state index contributed by atoms with van der Waals surface area (Å²) in [7, 11) is 0. The van der Waals surface area contributed by atoms with Crippen LogP contribution in [0.4, 0.5) is 11.5 Å². The molecule has 0 aromatic carbocycles. The Bertz CT molecular complexity index is 448. The lowest BCUT2D eigenvalue weighted by molar-refractivity contribution is -0.384. The van der Waals surface area contributed by atoms with Gasteiger partial charge in [0.15, 0.2) is 0 Å². The molecule has 0 saturated heterocycles. The molecule has 1 heterocycles. The number of nitrogens with zero attached hydrogens (tertiary/aromatic N) is 2. The fraction of sp³-hybridized carbons (Fsp3) is 0.500. The van der Waals surface area contributed by atoms with Gasteiger partial charge in [0.05, 0.1) is 11.5 Å². The number of anilines is 1. The lowest BCUT2D eigenvalue weighted by atomic mass is 10.1. The predicted molar refractivity (Wildman–Crippen MR) is 65.8 cm³/mol. The summed E-state index contributed by atoms with van der Waals surface area (Å²) < 4.78 is 0.568. The number of hydrogen-bond acceptors (Lipinski definition) is 5. The smallest absolute Gasteiger partial charge is 0.312 e. The average molecular weight is 302 g/mol. The summed E-state index contributed by atoms with van der Waals surface area (Å²) in [6.45, 7) is 0.614. The highest BCUT2D eigenvalue weighted by atomic mass is 79.9. The summed E-state index contributed by atoms with van der Waals surface area (Å²) >= 11 is 3.15. The second kappa shape index (κ2) is 4.58. The van der Waals surface area contributed by atoms with Crippen LogP contribution in [0.3, 0.4) is 0 Å². The first-order chi connectivity index (χ1) is 8.06. The van der Waals surface area contributed by atoms with Crippen molar-refractivity contribution in [2.45, 2.75) is 12.8 Å². The van der Waals surface area contributed by atoms with E-state index in [-0.39, 0.29) is 23.5 Å². The van der Waals surface area contributed by atoms with E-state index >= 15 is 0 Å². The summed E-state index contributed by atoms with van der Waals surface area (Å²) in [5, 5.41) is 22.9. The van der Waals surface area contributed by atoms with Gasteiger partial charge in [0.2, 0.25) is 5.82 Å². The molecular formula is C10H12BrN3O3. The number of halogens is 1. The molecule has 0 unspecified atom stereocenters. The highest BCUT2D eigenvalue weighted by Crippen LogP contribution is 2.45.